The van der Waals surface area contributed by atoms with Crippen molar-refractivity contribution >= 4 is 23.7 Å². The number of thioether (sulfide) groups is 1. The Morgan fingerprint density at radius 1 is 1.38 bits per heavy atom. The van der Waals surface area contributed by atoms with Gasteiger partial charge >= 0.3 is 11.9 Å². The van der Waals surface area contributed by atoms with Crippen LogP contribution in [-0.4, -0.2) is 35.4 Å². The molecule has 6 nitrogen and oxygen atoms in total. The molecule has 3 rings (SSSR count). The zero-order chi connectivity index (χ0) is 17.1. The minimum absolute atomic E-state index is 0.187. The molecular formula is C17H17NO5S. The van der Waals surface area contributed by atoms with Gasteiger partial charge in [0.15, 0.2) is 0 Å². The van der Waals surface area contributed by atoms with E-state index in [1.165, 1.54) is 11.8 Å². The number of rotatable bonds is 5. The standard InChI is InChI=1S/C17H17NO5S/c1-2-22-17(21)11-5-3-4-10(8-11)13-6-7-14(23-13)15-18-12(9-24-15)16(19)20/h3-8,12,15,18H,2,9H2,1H3,(H,19,20). The first-order valence-corrected chi connectivity index (χ1v) is 8.61. The predicted octanol–water partition coefficient (Wildman–Crippen LogP) is 2.91. The predicted molar refractivity (Wildman–Crippen MR) is 89.9 cm³/mol. The Hall–Kier alpha value is -2.25. The van der Waals surface area contributed by atoms with E-state index in [2.05, 4.69) is 5.32 Å². The quantitative estimate of drug-likeness (QED) is 0.804. The number of carboxylic acid groups (broad SMARTS) is 1. The fourth-order valence-corrected chi connectivity index (χ4v) is 3.62. The SMILES string of the molecule is CCOC(=O)c1cccc(-c2ccc(C3NC(C(=O)O)CS3)o2)c1. The smallest absolute Gasteiger partial charge is 0.338 e. The van der Waals surface area contributed by atoms with E-state index >= 15 is 0 Å². The summed E-state index contributed by atoms with van der Waals surface area (Å²) in [5.41, 5.74) is 1.23. The van der Waals surface area contributed by atoms with Crippen LogP contribution in [0, 0.1) is 0 Å². The lowest BCUT2D eigenvalue weighted by molar-refractivity contribution is -0.138. The summed E-state index contributed by atoms with van der Waals surface area (Å²) in [5.74, 6) is 0.550. The van der Waals surface area contributed by atoms with Crippen molar-refractivity contribution in [3.63, 3.8) is 0 Å². The summed E-state index contributed by atoms with van der Waals surface area (Å²) >= 11 is 1.50. The number of carboxylic acids is 1. The van der Waals surface area contributed by atoms with E-state index in [0.29, 0.717) is 29.4 Å². The second-order valence-electron chi connectivity index (χ2n) is 5.27. The number of carbonyl (C=O) groups is 2. The maximum absolute atomic E-state index is 11.8. The number of carbonyl (C=O) groups excluding carboxylic acids is 1. The third kappa shape index (κ3) is 3.47. The second kappa shape index (κ2) is 7.11. The molecule has 2 N–H and O–H groups in total. The third-order valence-electron chi connectivity index (χ3n) is 3.62. The van der Waals surface area contributed by atoms with E-state index in [0.717, 1.165) is 5.56 Å². The molecule has 7 heteroatoms. The number of nitrogens with one attached hydrogen (secondary N) is 1. The van der Waals surface area contributed by atoms with Crippen molar-refractivity contribution in [1.29, 1.82) is 0 Å². The first-order valence-electron chi connectivity index (χ1n) is 7.56. The second-order valence-corrected chi connectivity index (χ2v) is 6.41. The van der Waals surface area contributed by atoms with Crippen molar-refractivity contribution < 1.29 is 23.8 Å². The van der Waals surface area contributed by atoms with Crippen molar-refractivity contribution in [3.8, 4) is 11.3 Å². The molecule has 1 aliphatic rings. The van der Waals surface area contributed by atoms with Gasteiger partial charge in [-0.25, -0.2) is 4.79 Å². The molecule has 0 amide bonds. The fraction of sp³-hybridized carbons (Fsp3) is 0.294. The summed E-state index contributed by atoms with van der Waals surface area (Å²) in [5, 5.41) is 11.9. The first kappa shape index (κ1) is 16.6. The molecule has 1 saturated heterocycles. The Bertz CT molecular complexity index is 757. The zero-order valence-corrected chi connectivity index (χ0v) is 13.8. The van der Waals surface area contributed by atoms with Crippen LogP contribution in [0.5, 0.6) is 0 Å². The summed E-state index contributed by atoms with van der Waals surface area (Å²) in [6.07, 6.45) is 0. The van der Waals surface area contributed by atoms with Gasteiger partial charge in [-0.2, -0.15) is 0 Å². The molecule has 0 aliphatic carbocycles. The maximum Gasteiger partial charge on any atom is 0.338 e. The number of hydrogen-bond donors (Lipinski definition) is 2. The molecule has 24 heavy (non-hydrogen) atoms. The van der Waals surface area contributed by atoms with Gasteiger partial charge in [0.05, 0.1) is 12.2 Å². The molecule has 1 aliphatic heterocycles. The monoisotopic (exact) mass is 347 g/mol. The van der Waals surface area contributed by atoms with E-state index < -0.39 is 12.0 Å². The van der Waals surface area contributed by atoms with Crippen LogP contribution in [0.25, 0.3) is 11.3 Å². The lowest BCUT2D eigenvalue weighted by atomic mass is 10.1. The van der Waals surface area contributed by atoms with Crippen LogP contribution in [0.1, 0.15) is 28.4 Å². The van der Waals surface area contributed by atoms with Gasteiger partial charge in [-0.15, -0.1) is 11.8 Å². The highest BCUT2D eigenvalue weighted by Crippen LogP contribution is 2.35. The van der Waals surface area contributed by atoms with Crippen molar-refractivity contribution in [1.82, 2.24) is 5.32 Å². The van der Waals surface area contributed by atoms with Gasteiger partial charge in [0.2, 0.25) is 0 Å². The van der Waals surface area contributed by atoms with E-state index in [1.54, 1.807) is 25.1 Å². The van der Waals surface area contributed by atoms with E-state index in [4.69, 9.17) is 14.3 Å². The number of ether oxygens (including phenoxy) is 1. The van der Waals surface area contributed by atoms with Crippen LogP contribution in [0.4, 0.5) is 0 Å². The van der Waals surface area contributed by atoms with Crippen molar-refractivity contribution in [2.45, 2.75) is 18.3 Å². The number of benzene rings is 1. The van der Waals surface area contributed by atoms with Crippen LogP contribution in [0.3, 0.4) is 0 Å². The lowest BCUT2D eigenvalue weighted by Gasteiger charge is -2.08. The van der Waals surface area contributed by atoms with Crippen LogP contribution in [0.15, 0.2) is 40.8 Å². The molecule has 2 aromatic rings. The Morgan fingerprint density at radius 2 is 2.21 bits per heavy atom. The molecule has 2 unspecified atom stereocenters. The van der Waals surface area contributed by atoms with Crippen LogP contribution in [-0.2, 0) is 9.53 Å². The minimum atomic E-state index is -0.862. The Kier molecular flexibility index (Phi) is 4.92. The van der Waals surface area contributed by atoms with Gasteiger partial charge in [0.25, 0.3) is 0 Å². The molecule has 0 saturated carbocycles. The largest absolute Gasteiger partial charge is 0.480 e. The van der Waals surface area contributed by atoms with Crippen LogP contribution in [0.2, 0.25) is 0 Å². The van der Waals surface area contributed by atoms with Gasteiger partial charge in [-0.3, -0.25) is 10.1 Å². The van der Waals surface area contributed by atoms with Crippen LogP contribution >= 0.6 is 11.8 Å². The molecule has 2 heterocycles. The topological polar surface area (TPSA) is 88.8 Å². The zero-order valence-electron chi connectivity index (χ0n) is 13.0. The van der Waals surface area contributed by atoms with Gasteiger partial charge < -0.3 is 14.3 Å². The van der Waals surface area contributed by atoms with Crippen LogP contribution < -0.4 is 5.32 Å². The summed E-state index contributed by atoms with van der Waals surface area (Å²) < 4.78 is 10.8. The minimum Gasteiger partial charge on any atom is -0.480 e. The van der Waals surface area contributed by atoms with Crippen molar-refractivity contribution in [3.05, 3.63) is 47.7 Å². The molecular weight excluding hydrogens is 330 g/mol. The molecule has 0 spiro atoms. The van der Waals surface area contributed by atoms with Gasteiger partial charge in [-0.1, -0.05) is 12.1 Å². The molecule has 1 aromatic heterocycles. The summed E-state index contributed by atoms with van der Waals surface area (Å²) in [7, 11) is 0. The third-order valence-corrected chi connectivity index (χ3v) is 4.85. The Morgan fingerprint density at radius 3 is 2.92 bits per heavy atom. The molecule has 1 fully saturated rings. The van der Waals surface area contributed by atoms with E-state index in [1.807, 2.05) is 18.2 Å². The molecule has 1 aromatic carbocycles. The number of aliphatic carboxylic acids is 1. The lowest BCUT2D eigenvalue weighted by Crippen LogP contribution is -2.33. The number of hydrogen-bond acceptors (Lipinski definition) is 6. The fourth-order valence-electron chi connectivity index (χ4n) is 2.44. The molecule has 2 atom stereocenters. The molecule has 0 bridgehead atoms. The van der Waals surface area contributed by atoms with E-state index in [-0.39, 0.29) is 11.3 Å². The average molecular weight is 347 g/mol. The van der Waals surface area contributed by atoms with Gasteiger partial charge in [-0.05, 0) is 31.2 Å². The first-order chi connectivity index (χ1) is 11.6. The number of furan rings is 1. The van der Waals surface area contributed by atoms with Crippen molar-refractivity contribution in [2.24, 2.45) is 0 Å². The molecule has 0 radical (unpaired) electrons. The Labute approximate surface area is 143 Å². The van der Waals surface area contributed by atoms with Crippen molar-refractivity contribution in [2.75, 3.05) is 12.4 Å². The summed E-state index contributed by atoms with van der Waals surface area (Å²) in [6.45, 7) is 2.08. The highest BCUT2D eigenvalue weighted by molar-refractivity contribution is 7.99. The highest BCUT2D eigenvalue weighted by atomic mass is 32.2. The van der Waals surface area contributed by atoms with Gasteiger partial charge in [0.1, 0.15) is 22.9 Å². The Balaban J connectivity index is 1.77. The van der Waals surface area contributed by atoms with Gasteiger partial charge in [0, 0.05) is 11.3 Å². The van der Waals surface area contributed by atoms with E-state index in [9.17, 15) is 9.59 Å². The molecule has 126 valence electrons. The summed E-state index contributed by atoms with van der Waals surface area (Å²) in [4.78, 5) is 22.8. The maximum atomic E-state index is 11.8. The highest BCUT2D eigenvalue weighted by Gasteiger charge is 2.32. The number of esters is 1. The average Bonchev–Trinajstić information content (AvgIpc) is 3.24. The normalized spacial score (nSPS) is 20.0. The summed E-state index contributed by atoms with van der Waals surface area (Å²) in [6, 6.07) is 10.1.